The van der Waals surface area contributed by atoms with E-state index in [9.17, 15) is 0 Å². The van der Waals surface area contributed by atoms with Crippen molar-refractivity contribution in [1.82, 2.24) is 9.97 Å². The predicted octanol–water partition coefficient (Wildman–Crippen LogP) is 14.6. The van der Waals surface area contributed by atoms with E-state index in [4.69, 9.17) is 14.7 Å². The van der Waals surface area contributed by atoms with Crippen LogP contribution in [0.4, 0.5) is 0 Å². The Hall–Kier alpha value is -7.40. The Morgan fingerprint density at radius 2 is 1.07 bits per heavy atom. The van der Waals surface area contributed by atoms with Crippen LogP contribution in [0.2, 0.25) is 0 Å². The second kappa shape index (κ2) is 12.3. The van der Waals surface area contributed by atoms with Crippen molar-refractivity contribution in [2.24, 2.45) is 0 Å². The lowest BCUT2D eigenvalue weighted by molar-refractivity contribution is 0.436. The fourth-order valence-electron chi connectivity index (χ4n) is 9.94. The summed E-state index contributed by atoms with van der Waals surface area (Å²) in [6.07, 6.45) is 0. The highest BCUT2D eigenvalue weighted by Gasteiger charge is 2.51. The molecular weight excluding hydrogens is 737 g/mol. The third-order valence-corrected chi connectivity index (χ3v) is 13.7. The second-order valence-electron chi connectivity index (χ2n) is 15.6. The topological polar surface area (TPSA) is 35.0 Å². The van der Waals surface area contributed by atoms with Crippen LogP contribution >= 0.6 is 11.3 Å². The number of thiophene rings is 1. The zero-order chi connectivity index (χ0) is 38.7. The minimum atomic E-state index is -0.534. The van der Waals surface area contributed by atoms with Crippen LogP contribution < -0.4 is 4.74 Å². The highest BCUT2D eigenvalue weighted by Crippen LogP contribution is 2.63. The summed E-state index contributed by atoms with van der Waals surface area (Å²) in [7, 11) is 0. The molecule has 4 heteroatoms. The molecule has 0 saturated heterocycles. The number of hydrogen-bond donors (Lipinski definition) is 0. The summed E-state index contributed by atoms with van der Waals surface area (Å²) in [6.45, 7) is 0. The normalized spacial score (nSPS) is 13.4. The molecule has 3 nitrogen and oxygen atoms in total. The van der Waals surface area contributed by atoms with Crippen molar-refractivity contribution in [3.8, 4) is 56.4 Å². The molecule has 3 heterocycles. The Kier molecular flexibility index (Phi) is 6.81. The van der Waals surface area contributed by atoms with Crippen LogP contribution in [0.1, 0.15) is 22.3 Å². The fraction of sp³-hybridized carbons (Fsp3) is 0.0182. The van der Waals surface area contributed by atoms with E-state index in [1.54, 1.807) is 11.3 Å². The molecule has 0 unspecified atom stereocenters. The summed E-state index contributed by atoms with van der Waals surface area (Å²) >= 11 is 1.77. The van der Waals surface area contributed by atoms with Gasteiger partial charge in [0, 0.05) is 32.3 Å². The highest BCUT2D eigenvalue weighted by molar-refractivity contribution is 7.26. The summed E-state index contributed by atoms with van der Waals surface area (Å²) in [5.41, 5.74) is 13.2. The lowest BCUT2D eigenvalue weighted by Crippen LogP contribution is -2.32. The lowest BCUT2D eigenvalue weighted by atomic mass is 9.66. The van der Waals surface area contributed by atoms with Gasteiger partial charge in [-0.3, -0.25) is 0 Å². The molecule has 2 aliphatic rings. The van der Waals surface area contributed by atoms with Gasteiger partial charge in [-0.25, -0.2) is 9.97 Å². The maximum absolute atomic E-state index is 6.63. The highest BCUT2D eigenvalue weighted by atomic mass is 32.1. The van der Waals surface area contributed by atoms with Crippen LogP contribution in [0, 0.1) is 0 Å². The van der Waals surface area contributed by atoms with Crippen LogP contribution in [-0.4, -0.2) is 9.97 Å². The van der Waals surface area contributed by atoms with Crippen molar-refractivity contribution in [3.63, 3.8) is 0 Å². The number of nitrogens with zero attached hydrogens (tertiary/aromatic N) is 2. The van der Waals surface area contributed by atoms with E-state index < -0.39 is 5.41 Å². The van der Waals surface area contributed by atoms with Crippen molar-refractivity contribution in [3.05, 3.63) is 216 Å². The third kappa shape index (κ3) is 4.63. The van der Waals surface area contributed by atoms with Gasteiger partial charge in [-0.1, -0.05) is 158 Å². The molecule has 0 saturated carbocycles. The molecule has 0 fully saturated rings. The van der Waals surface area contributed by atoms with Crippen molar-refractivity contribution < 1.29 is 4.74 Å². The molecule has 1 aliphatic carbocycles. The number of aromatic nitrogens is 2. The summed E-state index contributed by atoms with van der Waals surface area (Å²) in [4.78, 5) is 10.6. The number of para-hydroxylation sites is 2. The number of ether oxygens (including phenoxy) is 1. The molecule has 59 heavy (non-hydrogen) atoms. The van der Waals surface area contributed by atoms with Gasteiger partial charge in [0.25, 0.3) is 0 Å². The Morgan fingerprint density at radius 3 is 1.92 bits per heavy atom. The average molecular weight is 769 g/mol. The Labute approximate surface area is 344 Å². The van der Waals surface area contributed by atoms with E-state index in [0.29, 0.717) is 0 Å². The Morgan fingerprint density at radius 1 is 0.424 bits per heavy atom. The van der Waals surface area contributed by atoms with E-state index in [1.807, 2.05) is 0 Å². The summed E-state index contributed by atoms with van der Waals surface area (Å²) in [5.74, 6) is 2.53. The SMILES string of the molecule is c1cc(-c2ccc3c(c2)-c2c(ccc4ccccc24)C32c3ccccc3Oc3ccccc32)cc(-c2nc(-c3ccc4ccccc4c3)nc3c2sc2ccccc23)c1. The molecular formula is C55H32N2OS. The molecule has 0 atom stereocenters. The van der Waals surface area contributed by atoms with Crippen molar-refractivity contribution >= 4 is 53.2 Å². The van der Waals surface area contributed by atoms with Gasteiger partial charge in [0.15, 0.2) is 5.82 Å². The molecule has 1 aliphatic heterocycles. The minimum Gasteiger partial charge on any atom is -0.457 e. The maximum atomic E-state index is 6.63. The molecule has 0 radical (unpaired) electrons. The molecule has 9 aromatic carbocycles. The van der Waals surface area contributed by atoms with Crippen molar-refractivity contribution in [2.45, 2.75) is 5.41 Å². The van der Waals surface area contributed by atoms with Crippen LogP contribution in [0.3, 0.4) is 0 Å². The first-order chi connectivity index (χ1) is 29.2. The predicted molar refractivity (Wildman–Crippen MR) is 244 cm³/mol. The zero-order valence-corrected chi connectivity index (χ0v) is 32.5. The van der Waals surface area contributed by atoms with Crippen molar-refractivity contribution in [1.29, 1.82) is 0 Å². The molecule has 13 rings (SSSR count). The zero-order valence-electron chi connectivity index (χ0n) is 31.7. The molecule has 0 amide bonds. The number of fused-ring (bicyclic) bond motifs is 15. The van der Waals surface area contributed by atoms with Gasteiger partial charge in [-0.2, -0.15) is 0 Å². The summed E-state index contributed by atoms with van der Waals surface area (Å²) < 4.78 is 8.93. The van der Waals surface area contributed by atoms with E-state index in [-0.39, 0.29) is 0 Å². The van der Waals surface area contributed by atoms with Gasteiger partial charge >= 0.3 is 0 Å². The first-order valence-electron chi connectivity index (χ1n) is 20.1. The average Bonchev–Trinajstić information content (AvgIpc) is 3.82. The van der Waals surface area contributed by atoms with Crippen LogP contribution in [-0.2, 0) is 5.41 Å². The molecule has 1 spiro atoms. The molecule has 0 N–H and O–H groups in total. The van der Waals surface area contributed by atoms with Crippen LogP contribution in [0.25, 0.3) is 86.7 Å². The standard InChI is InChI=1S/C55H32N2OS/c1-2-14-35-31-39(25-24-33(35)12-1)54-56-51(53-52(57-54)41-18-5-10-23-49(41)59-53)38-16-11-15-36(30-38)37-27-28-43-42(32-37)50-40-17-4-3-13-34(40)26-29-46(50)55(43)44-19-6-8-21-47(44)58-48-22-9-7-20-45(48)55/h1-32H. The van der Waals surface area contributed by atoms with Gasteiger partial charge in [0.2, 0.25) is 0 Å². The third-order valence-electron chi connectivity index (χ3n) is 12.5. The van der Waals surface area contributed by atoms with Gasteiger partial charge in [-0.05, 0) is 91.3 Å². The quantitative estimate of drug-likeness (QED) is 0.180. The van der Waals surface area contributed by atoms with Crippen molar-refractivity contribution in [2.75, 3.05) is 0 Å². The van der Waals surface area contributed by atoms with E-state index >= 15 is 0 Å². The first-order valence-corrected chi connectivity index (χ1v) is 20.9. The summed E-state index contributed by atoms with van der Waals surface area (Å²) in [6, 6.07) is 70.1. The van der Waals surface area contributed by atoms with Gasteiger partial charge in [0.1, 0.15) is 11.5 Å². The minimum absolute atomic E-state index is 0.534. The first kappa shape index (κ1) is 32.7. The molecule has 11 aromatic rings. The molecule has 0 bridgehead atoms. The largest absolute Gasteiger partial charge is 0.457 e. The Balaban J connectivity index is 1.03. The van der Waals surface area contributed by atoms with Gasteiger partial charge in [0.05, 0.1) is 21.3 Å². The van der Waals surface area contributed by atoms with E-state index in [0.717, 1.165) is 60.9 Å². The second-order valence-corrected chi connectivity index (χ2v) is 16.7. The molecule has 274 valence electrons. The van der Waals surface area contributed by atoms with Gasteiger partial charge < -0.3 is 4.74 Å². The monoisotopic (exact) mass is 768 g/mol. The van der Waals surface area contributed by atoms with E-state index in [1.165, 1.54) is 59.6 Å². The van der Waals surface area contributed by atoms with Crippen LogP contribution in [0.15, 0.2) is 194 Å². The smallest absolute Gasteiger partial charge is 0.160 e. The summed E-state index contributed by atoms with van der Waals surface area (Å²) in [5, 5.41) is 6.02. The molecule has 2 aromatic heterocycles. The van der Waals surface area contributed by atoms with Crippen LogP contribution in [0.5, 0.6) is 11.5 Å². The van der Waals surface area contributed by atoms with Gasteiger partial charge in [-0.15, -0.1) is 11.3 Å². The maximum Gasteiger partial charge on any atom is 0.160 e. The lowest BCUT2D eigenvalue weighted by Gasteiger charge is -2.39. The number of benzene rings is 9. The fourth-order valence-corrected chi connectivity index (χ4v) is 11.1. The number of hydrogen-bond acceptors (Lipinski definition) is 4. The number of rotatable bonds is 3. The van der Waals surface area contributed by atoms with E-state index in [2.05, 4.69) is 194 Å². The Bertz CT molecular complexity index is 3520.